The van der Waals surface area contributed by atoms with Crippen LogP contribution in [0.5, 0.6) is 5.75 Å². The van der Waals surface area contributed by atoms with Crippen LogP contribution in [0.2, 0.25) is 0 Å². The maximum absolute atomic E-state index is 5.68. The van der Waals surface area contributed by atoms with Crippen molar-refractivity contribution in [1.82, 2.24) is 9.88 Å². The largest absolute Gasteiger partial charge is 0.496 e. The first-order chi connectivity index (χ1) is 10.1. The van der Waals surface area contributed by atoms with E-state index in [1.54, 1.807) is 7.11 Å². The van der Waals surface area contributed by atoms with Gasteiger partial charge in [0, 0.05) is 19.3 Å². The molecule has 0 radical (unpaired) electrons. The third-order valence-electron chi connectivity index (χ3n) is 3.14. The van der Waals surface area contributed by atoms with Crippen molar-refractivity contribution in [3.63, 3.8) is 0 Å². The average molecular weight is 301 g/mol. The molecule has 2 rings (SSSR count). The molecular weight excluding hydrogens is 282 g/mol. The molecule has 4 nitrogen and oxygen atoms in total. The second-order valence-electron chi connectivity index (χ2n) is 4.89. The van der Waals surface area contributed by atoms with Gasteiger partial charge in [0.25, 0.3) is 0 Å². The van der Waals surface area contributed by atoms with E-state index in [0.29, 0.717) is 10.7 Å². The summed E-state index contributed by atoms with van der Waals surface area (Å²) in [6.07, 6.45) is 1.81. The van der Waals surface area contributed by atoms with Gasteiger partial charge in [-0.15, -0.1) is 0 Å². The van der Waals surface area contributed by atoms with Crippen molar-refractivity contribution in [2.24, 2.45) is 5.73 Å². The van der Waals surface area contributed by atoms with Gasteiger partial charge in [-0.2, -0.15) is 0 Å². The third kappa shape index (κ3) is 4.24. The van der Waals surface area contributed by atoms with Gasteiger partial charge in [-0.1, -0.05) is 24.4 Å². The lowest BCUT2D eigenvalue weighted by Crippen LogP contribution is -2.18. The Morgan fingerprint density at radius 2 is 2.10 bits per heavy atom. The number of thiocarbonyl (C=S) groups is 1. The highest BCUT2D eigenvalue weighted by Crippen LogP contribution is 2.21. The van der Waals surface area contributed by atoms with Crippen LogP contribution >= 0.6 is 12.2 Å². The Bertz CT molecular complexity index is 616. The van der Waals surface area contributed by atoms with Crippen LogP contribution < -0.4 is 10.5 Å². The maximum atomic E-state index is 5.68. The molecule has 0 atom stereocenters. The van der Waals surface area contributed by atoms with Crippen molar-refractivity contribution in [1.29, 1.82) is 0 Å². The molecule has 110 valence electrons. The Kier molecular flexibility index (Phi) is 5.25. The fourth-order valence-electron chi connectivity index (χ4n) is 2.17. The Labute approximate surface area is 130 Å². The minimum atomic E-state index is 0.347. The number of nitrogens with two attached hydrogens (primary N) is 1. The first-order valence-corrected chi connectivity index (χ1v) is 7.06. The molecule has 5 heteroatoms. The maximum Gasteiger partial charge on any atom is 0.129 e. The van der Waals surface area contributed by atoms with E-state index < -0.39 is 0 Å². The van der Waals surface area contributed by atoms with Crippen LogP contribution in [0.3, 0.4) is 0 Å². The van der Waals surface area contributed by atoms with Gasteiger partial charge in [-0.25, -0.2) is 0 Å². The molecule has 0 aliphatic rings. The molecule has 21 heavy (non-hydrogen) atoms. The highest BCUT2D eigenvalue weighted by Gasteiger charge is 2.09. The second-order valence-corrected chi connectivity index (χ2v) is 5.33. The minimum absolute atomic E-state index is 0.347. The Balaban J connectivity index is 2.07. The lowest BCUT2D eigenvalue weighted by atomic mass is 10.1. The normalized spacial score (nSPS) is 10.6. The molecule has 0 saturated carbocycles. The van der Waals surface area contributed by atoms with Gasteiger partial charge in [-0.3, -0.25) is 9.88 Å². The summed E-state index contributed by atoms with van der Waals surface area (Å²) in [6, 6.07) is 11.8. The average Bonchev–Trinajstić information content (AvgIpc) is 2.47. The summed E-state index contributed by atoms with van der Waals surface area (Å²) in [5, 5.41) is 0. The lowest BCUT2D eigenvalue weighted by molar-refractivity contribution is 0.314. The molecule has 1 heterocycles. The second kappa shape index (κ2) is 7.15. The topological polar surface area (TPSA) is 51.4 Å². The molecule has 0 aliphatic carbocycles. The zero-order valence-corrected chi connectivity index (χ0v) is 13.1. The van der Waals surface area contributed by atoms with Crippen molar-refractivity contribution < 1.29 is 4.74 Å². The van der Waals surface area contributed by atoms with Crippen molar-refractivity contribution in [2.75, 3.05) is 14.2 Å². The molecule has 0 spiro atoms. The standard InChI is InChI=1S/C16H19N3OS/c1-19(11-13-5-3-4-8-18-13)10-12-6-7-14(16(17)21)15(9-12)20-2/h3-9H,10-11H2,1-2H3,(H2,17,21). The predicted molar refractivity (Wildman–Crippen MR) is 88.3 cm³/mol. The van der Waals surface area contributed by atoms with Crippen molar-refractivity contribution >= 4 is 17.2 Å². The summed E-state index contributed by atoms with van der Waals surface area (Å²) in [4.78, 5) is 6.87. The third-order valence-corrected chi connectivity index (χ3v) is 3.36. The zero-order chi connectivity index (χ0) is 15.2. The fraction of sp³-hybridized carbons (Fsp3) is 0.250. The summed E-state index contributed by atoms with van der Waals surface area (Å²) in [6.45, 7) is 1.59. The number of hydrogen-bond donors (Lipinski definition) is 1. The van der Waals surface area contributed by atoms with Crippen molar-refractivity contribution in [2.45, 2.75) is 13.1 Å². The van der Waals surface area contributed by atoms with Gasteiger partial charge in [0.05, 0.1) is 18.4 Å². The van der Waals surface area contributed by atoms with Gasteiger partial charge in [0.2, 0.25) is 0 Å². The summed E-state index contributed by atoms with van der Waals surface area (Å²) >= 11 is 5.01. The van der Waals surface area contributed by atoms with Crippen LogP contribution in [0, 0.1) is 0 Å². The monoisotopic (exact) mass is 301 g/mol. The number of ether oxygens (including phenoxy) is 1. The number of rotatable bonds is 6. The molecule has 2 aromatic rings. The number of methoxy groups -OCH3 is 1. The van der Waals surface area contributed by atoms with Crippen molar-refractivity contribution in [3.05, 3.63) is 59.4 Å². The van der Waals surface area contributed by atoms with E-state index in [4.69, 9.17) is 22.7 Å². The highest BCUT2D eigenvalue weighted by molar-refractivity contribution is 7.80. The van der Waals surface area contributed by atoms with Crippen LogP contribution in [0.15, 0.2) is 42.6 Å². The fourth-order valence-corrected chi connectivity index (χ4v) is 2.34. The molecule has 2 N–H and O–H groups in total. The zero-order valence-electron chi connectivity index (χ0n) is 12.2. The van der Waals surface area contributed by atoms with Crippen LogP contribution in [-0.4, -0.2) is 29.0 Å². The van der Waals surface area contributed by atoms with E-state index in [9.17, 15) is 0 Å². The number of pyridine rings is 1. The molecule has 0 aliphatic heterocycles. The smallest absolute Gasteiger partial charge is 0.129 e. The first-order valence-electron chi connectivity index (χ1n) is 6.65. The molecule has 0 fully saturated rings. The van der Waals surface area contributed by atoms with Crippen LogP contribution in [0.25, 0.3) is 0 Å². The van der Waals surface area contributed by atoms with E-state index in [1.165, 1.54) is 0 Å². The van der Waals surface area contributed by atoms with Crippen LogP contribution in [0.1, 0.15) is 16.8 Å². The number of hydrogen-bond acceptors (Lipinski definition) is 4. The Hall–Kier alpha value is -1.98. The van der Waals surface area contributed by atoms with Crippen LogP contribution in [0.4, 0.5) is 0 Å². The van der Waals surface area contributed by atoms with Gasteiger partial charge < -0.3 is 10.5 Å². The molecule has 0 bridgehead atoms. The summed E-state index contributed by atoms with van der Waals surface area (Å²) < 4.78 is 5.35. The molecule has 1 aromatic carbocycles. The van der Waals surface area contributed by atoms with E-state index in [0.717, 1.165) is 29.9 Å². The van der Waals surface area contributed by atoms with E-state index in [-0.39, 0.29) is 0 Å². The Morgan fingerprint density at radius 1 is 1.29 bits per heavy atom. The van der Waals surface area contributed by atoms with Crippen LogP contribution in [-0.2, 0) is 13.1 Å². The highest BCUT2D eigenvalue weighted by atomic mass is 32.1. The Morgan fingerprint density at radius 3 is 2.71 bits per heavy atom. The lowest BCUT2D eigenvalue weighted by Gasteiger charge is -2.17. The minimum Gasteiger partial charge on any atom is -0.496 e. The quantitative estimate of drug-likeness (QED) is 0.830. The molecule has 1 aromatic heterocycles. The number of aromatic nitrogens is 1. The first kappa shape index (κ1) is 15.4. The van der Waals surface area contributed by atoms with E-state index in [2.05, 4.69) is 16.9 Å². The number of benzene rings is 1. The molecule has 0 amide bonds. The molecular formula is C16H19N3OS. The predicted octanol–water partition coefficient (Wildman–Crippen LogP) is 2.36. The van der Waals surface area contributed by atoms with E-state index >= 15 is 0 Å². The van der Waals surface area contributed by atoms with Gasteiger partial charge in [0.15, 0.2) is 0 Å². The van der Waals surface area contributed by atoms with Gasteiger partial charge >= 0.3 is 0 Å². The summed E-state index contributed by atoms with van der Waals surface area (Å²) in [7, 11) is 3.68. The molecule has 0 saturated heterocycles. The van der Waals surface area contributed by atoms with Gasteiger partial charge in [-0.05, 0) is 36.9 Å². The summed E-state index contributed by atoms with van der Waals surface area (Å²) in [5.41, 5.74) is 8.64. The van der Waals surface area contributed by atoms with E-state index in [1.807, 2.05) is 42.6 Å². The van der Waals surface area contributed by atoms with Gasteiger partial charge in [0.1, 0.15) is 10.7 Å². The SMILES string of the molecule is COc1cc(CN(C)Cc2ccccn2)ccc1C(N)=S. The molecule has 0 unspecified atom stereocenters. The summed E-state index contributed by atoms with van der Waals surface area (Å²) in [5.74, 6) is 0.714. The van der Waals surface area contributed by atoms with Crippen molar-refractivity contribution in [3.8, 4) is 5.75 Å². The number of nitrogens with zero attached hydrogens (tertiary/aromatic N) is 2.